The minimum absolute atomic E-state index is 0.0957. The number of rotatable bonds is 4. The first-order chi connectivity index (χ1) is 7.63. The number of carbonyl (C=O) groups excluding carboxylic acids is 1. The predicted octanol–water partition coefficient (Wildman–Crippen LogP) is -0.188. The van der Waals surface area contributed by atoms with Gasteiger partial charge in [-0.3, -0.25) is 0 Å². The first kappa shape index (κ1) is 13.4. The largest absolute Gasteiger partial charge is 0.541 e. The zero-order valence-electron chi connectivity index (χ0n) is 8.51. The van der Waals surface area contributed by atoms with E-state index < -0.39 is 27.7 Å². The van der Waals surface area contributed by atoms with Crippen LogP contribution >= 0.6 is 0 Å². The van der Waals surface area contributed by atoms with Gasteiger partial charge in [-0.25, -0.2) is 8.42 Å². The lowest BCUT2D eigenvalue weighted by Crippen LogP contribution is -2.45. The van der Waals surface area contributed by atoms with Crippen molar-refractivity contribution in [3.8, 4) is 5.75 Å². The number of benzene rings is 1. The standard InChI is InChI=1S/C9H8F2O5S/c1-17(14,15)7-4-2-6(3-5-7)16-9(10,11)8(12)13/h2-5H,1H3,(H,12,13)/p-1. The van der Waals surface area contributed by atoms with E-state index in [1.165, 1.54) is 0 Å². The smallest absolute Gasteiger partial charge is 0.441 e. The van der Waals surface area contributed by atoms with E-state index in [1.54, 1.807) is 0 Å². The van der Waals surface area contributed by atoms with Gasteiger partial charge < -0.3 is 14.6 Å². The van der Waals surface area contributed by atoms with Gasteiger partial charge in [-0.05, 0) is 24.3 Å². The second-order valence-electron chi connectivity index (χ2n) is 3.15. The molecule has 0 aliphatic heterocycles. The second-order valence-corrected chi connectivity index (χ2v) is 5.17. The lowest BCUT2D eigenvalue weighted by molar-refractivity contribution is -0.350. The maximum Gasteiger partial charge on any atom is 0.441 e. The van der Waals surface area contributed by atoms with Crippen LogP contribution in [-0.4, -0.2) is 26.8 Å². The van der Waals surface area contributed by atoms with Gasteiger partial charge in [0.2, 0.25) is 0 Å². The van der Waals surface area contributed by atoms with Crippen LogP contribution in [0.1, 0.15) is 0 Å². The van der Waals surface area contributed by atoms with Gasteiger partial charge in [0.05, 0.1) is 4.90 Å². The highest BCUT2D eigenvalue weighted by Crippen LogP contribution is 2.22. The van der Waals surface area contributed by atoms with Crippen molar-refractivity contribution in [1.82, 2.24) is 0 Å². The third-order valence-corrected chi connectivity index (χ3v) is 2.86. The summed E-state index contributed by atoms with van der Waals surface area (Å²) in [7, 11) is -3.45. The summed E-state index contributed by atoms with van der Waals surface area (Å²) in [6.07, 6.45) is -3.52. The van der Waals surface area contributed by atoms with Crippen LogP contribution in [-0.2, 0) is 14.6 Å². The minimum Gasteiger partial charge on any atom is -0.541 e. The van der Waals surface area contributed by atoms with Crippen LogP contribution in [0.2, 0.25) is 0 Å². The summed E-state index contributed by atoms with van der Waals surface area (Å²) in [5.41, 5.74) is 0. The van der Waals surface area contributed by atoms with E-state index in [2.05, 4.69) is 4.74 Å². The monoisotopic (exact) mass is 265 g/mol. The topological polar surface area (TPSA) is 83.5 Å². The maximum atomic E-state index is 12.6. The number of halogens is 2. The van der Waals surface area contributed by atoms with E-state index in [1.807, 2.05) is 0 Å². The number of sulfone groups is 1. The molecule has 0 aliphatic rings. The Hall–Kier alpha value is -1.70. The quantitative estimate of drug-likeness (QED) is 0.753. The van der Waals surface area contributed by atoms with Crippen LogP contribution in [0.4, 0.5) is 8.78 Å². The van der Waals surface area contributed by atoms with Gasteiger partial charge in [0.25, 0.3) is 0 Å². The lowest BCUT2D eigenvalue weighted by atomic mass is 10.3. The van der Waals surface area contributed by atoms with Crippen LogP contribution < -0.4 is 9.84 Å². The number of carboxylic acid groups (broad SMARTS) is 1. The molecule has 0 radical (unpaired) electrons. The fourth-order valence-corrected chi connectivity index (χ4v) is 1.58. The highest BCUT2D eigenvalue weighted by molar-refractivity contribution is 7.90. The van der Waals surface area contributed by atoms with Gasteiger partial charge in [-0.15, -0.1) is 0 Å². The van der Waals surface area contributed by atoms with Gasteiger partial charge in [0.1, 0.15) is 5.75 Å². The Bertz CT molecular complexity index is 521. The zero-order chi connectivity index (χ0) is 13.3. The molecule has 1 aromatic rings. The van der Waals surface area contributed by atoms with E-state index in [-0.39, 0.29) is 4.90 Å². The number of ether oxygens (including phenoxy) is 1. The van der Waals surface area contributed by atoms with Crippen molar-refractivity contribution < 1.29 is 31.8 Å². The summed E-state index contributed by atoms with van der Waals surface area (Å²) in [6, 6.07) is 3.90. The molecular weight excluding hydrogens is 258 g/mol. The number of aliphatic carboxylic acids is 1. The van der Waals surface area contributed by atoms with Crippen LogP contribution in [0.3, 0.4) is 0 Å². The number of alkyl halides is 2. The molecule has 0 amide bonds. The Morgan fingerprint density at radius 3 is 2.12 bits per heavy atom. The SMILES string of the molecule is CS(=O)(=O)c1ccc(OC(F)(F)C(=O)[O-])cc1. The van der Waals surface area contributed by atoms with E-state index >= 15 is 0 Å². The summed E-state index contributed by atoms with van der Waals surface area (Å²) in [5, 5.41) is 9.97. The van der Waals surface area contributed by atoms with Crippen molar-refractivity contribution in [2.75, 3.05) is 6.26 Å². The van der Waals surface area contributed by atoms with Crippen molar-refractivity contribution >= 4 is 15.8 Å². The molecule has 0 unspecified atom stereocenters. The van der Waals surface area contributed by atoms with Gasteiger partial charge in [-0.1, -0.05) is 0 Å². The molecule has 0 bridgehead atoms. The van der Waals surface area contributed by atoms with Gasteiger partial charge in [0.15, 0.2) is 15.8 Å². The van der Waals surface area contributed by atoms with Crippen molar-refractivity contribution in [1.29, 1.82) is 0 Å². The predicted molar refractivity (Wildman–Crippen MR) is 50.1 cm³/mol. The molecule has 0 aliphatic carbocycles. The molecule has 0 fully saturated rings. The third kappa shape index (κ3) is 3.38. The van der Waals surface area contributed by atoms with E-state index in [4.69, 9.17) is 0 Å². The normalized spacial score (nSPS) is 12.2. The average molecular weight is 265 g/mol. The summed E-state index contributed by atoms with van der Waals surface area (Å²) in [6.45, 7) is 0. The van der Waals surface area contributed by atoms with Crippen molar-refractivity contribution in [2.45, 2.75) is 11.0 Å². The summed E-state index contributed by atoms with van der Waals surface area (Å²) in [5.74, 6) is -3.16. The Morgan fingerprint density at radius 1 is 1.29 bits per heavy atom. The van der Waals surface area contributed by atoms with Crippen LogP contribution in [0.25, 0.3) is 0 Å². The molecule has 0 saturated carbocycles. The molecule has 0 atom stereocenters. The molecule has 0 aromatic heterocycles. The molecule has 1 rings (SSSR count). The van der Waals surface area contributed by atoms with Gasteiger partial charge >= 0.3 is 6.11 Å². The molecule has 5 nitrogen and oxygen atoms in total. The van der Waals surface area contributed by atoms with E-state index in [0.29, 0.717) is 0 Å². The minimum atomic E-state index is -4.47. The summed E-state index contributed by atoms with van der Waals surface area (Å²) in [4.78, 5) is 9.87. The van der Waals surface area contributed by atoms with Gasteiger partial charge in [0, 0.05) is 6.26 Å². The lowest BCUT2D eigenvalue weighted by Gasteiger charge is -2.18. The molecule has 17 heavy (non-hydrogen) atoms. The molecule has 0 saturated heterocycles. The van der Waals surface area contributed by atoms with Crippen LogP contribution in [0.15, 0.2) is 29.2 Å². The van der Waals surface area contributed by atoms with E-state index in [0.717, 1.165) is 30.5 Å². The number of hydrogen-bond donors (Lipinski definition) is 0. The average Bonchev–Trinajstić information content (AvgIpc) is 2.16. The highest BCUT2D eigenvalue weighted by atomic mass is 32.2. The second kappa shape index (κ2) is 4.28. The molecule has 1 aromatic carbocycles. The van der Waals surface area contributed by atoms with Crippen LogP contribution in [0, 0.1) is 0 Å². The molecular formula is C9H7F2O5S-. The molecule has 0 spiro atoms. The number of carbonyl (C=O) groups is 1. The first-order valence-electron chi connectivity index (χ1n) is 4.21. The fourth-order valence-electron chi connectivity index (χ4n) is 0.945. The molecule has 8 heteroatoms. The molecule has 94 valence electrons. The Morgan fingerprint density at radius 2 is 1.76 bits per heavy atom. The Kier molecular flexibility index (Phi) is 3.37. The maximum absolute atomic E-state index is 12.6. The van der Waals surface area contributed by atoms with Crippen molar-refractivity contribution in [3.63, 3.8) is 0 Å². The molecule has 0 heterocycles. The van der Waals surface area contributed by atoms with E-state index in [9.17, 15) is 27.1 Å². The number of carboxylic acids is 1. The zero-order valence-corrected chi connectivity index (χ0v) is 9.33. The highest BCUT2D eigenvalue weighted by Gasteiger charge is 2.33. The fraction of sp³-hybridized carbons (Fsp3) is 0.222. The first-order valence-corrected chi connectivity index (χ1v) is 6.10. The van der Waals surface area contributed by atoms with Crippen LogP contribution in [0.5, 0.6) is 5.75 Å². The molecule has 0 N–H and O–H groups in total. The third-order valence-electron chi connectivity index (χ3n) is 1.74. The van der Waals surface area contributed by atoms with Gasteiger partial charge in [-0.2, -0.15) is 8.78 Å². The van der Waals surface area contributed by atoms with Crippen molar-refractivity contribution in [3.05, 3.63) is 24.3 Å². The Labute approximate surface area is 95.6 Å². The summed E-state index contributed by atoms with van der Waals surface area (Å²) < 4.78 is 51.1. The van der Waals surface area contributed by atoms with Crippen molar-refractivity contribution in [2.24, 2.45) is 0 Å². The summed E-state index contributed by atoms with van der Waals surface area (Å²) >= 11 is 0. The number of hydrogen-bond acceptors (Lipinski definition) is 5. The Balaban J connectivity index is 2.94.